The minimum Gasteiger partial charge on any atom is -1.00 e. The SMILES string of the molecule is C1CCCC1.O=CN1CCOCC1.O=CO[O-].O=S(=O)(Cl)c1ccccc1.O=S(=O)([O-])C(O)c1ccccc1S(=O)(=O)N1CCCC1.O=S(=O)(c1ccccc1)N1CCCC1.O=S(=O)(c1ccccc1CO)N1CCCC1.O=S(=O)=O.[CH2-]CCC.[H-].[H-].[Li+].[Na+].[Na+].[Na+].[Na+]. The normalized spacial score (nSPS) is 15.6. The summed E-state index contributed by atoms with van der Waals surface area (Å²) in [5.74, 6) is 0. The van der Waals surface area contributed by atoms with Crippen LogP contribution in [0.15, 0.2) is 129 Å². The maximum atomic E-state index is 12.4. The summed E-state index contributed by atoms with van der Waals surface area (Å²) < 4.78 is 162. The molecular weight excluding hydrogens is 1360 g/mol. The Hall–Kier alpha value is -0.243. The van der Waals surface area contributed by atoms with Crippen molar-refractivity contribution in [1.82, 2.24) is 17.8 Å². The van der Waals surface area contributed by atoms with Crippen molar-refractivity contribution in [3.63, 3.8) is 0 Å². The zero-order valence-corrected chi connectivity index (χ0v) is 65.7. The van der Waals surface area contributed by atoms with E-state index in [1.807, 2.05) is 6.07 Å². The van der Waals surface area contributed by atoms with Gasteiger partial charge in [0.05, 0.1) is 39.4 Å². The second-order valence-electron chi connectivity index (χ2n) is 18.3. The minimum atomic E-state index is -5.04. The number of aliphatic hydroxyl groups excluding tert-OH is 2. The Morgan fingerprint density at radius 1 is 0.589 bits per heavy atom. The summed E-state index contributed by atoms with van der Waals surface area (Å²) in [5.41, 5.74) is -2.33. The van der Waals surface area contributed by atoms with Gasteiger partial charge in [0.2, 0.25) is 36.5 Å². The maximum absolute atomic E-state index is 12.4. The number of carbonyl (C=O) groups excluding carboxylic acids is 2. The molecule has 4 saturated heterocycles. The molecule has 0 bridgehead atoms. The van der Waals surface area contributed by atoms with Crippen LogP contribution in [0.4, 0.5) is 0 Å². The molecule has 1 atom stereocenters. The molecule has 5 fully saturated rings. The Morgan fingerprint density at radius 2 is 0.911 bits per heavy atom. The molecule has 4 aromatic carbocycles. The number of hydrogen-bond acceptors (Lipinski definition) is 21. The first kappa shape index (κ1) is 98.4. The second-order valence-corrected chi connectivity index (χ2v) is 28.5. The van der Waals surface area contributed by atoms with Crippen LogP contribution in [0.3, 0.4) is 0 Å². The van der Waals surface area contributed by atoms with E-state index in [2.05, 4.69) is 18.7 Å². The van der Waals surface area contributed by atoms with Crippen LogP contribution in [0, 0.1) is 6.92 Å². The summed E-state index contributed by atoms with van der Waals surface area (Å²) in [6.45, 7) is 11.4. The Morgan fingerprint density at radius 3 is 1.22 bits per heavy atom. The largest absolute Gasteiger partial charge is 1.00 e. The van der Waals surface area contributed by atoms with Crippen molar-refractivity contribution in [3.05, 3.63) is 127 Å². The van der Waals surface area contributed by atoms with Gasteiger partial charge < -0.3 is 44.3 Å². The summed E-state index contributed by atoms with van der Waals surface area (Å²) in [5, 5.41) is 27.1. The van der Waals surface area contributed by atoms with Crippen molar-refractivity contribution in [2.45, 2.75) is 122 Å². The van der Waals surface area contributed by atoms with E-state index in [9.17, 15) is 56.5 Å². The second kappa shape index (κ2) is 54.7. The van der Waals surface area contributed by atoms with Crippen LogP contribution < -0.4 is 142 Å². The number of morpholine rings is 1. The molecule has 1 aliphatic carbocycles. The molecule has 37 heteroatoms. The van der Waals surface area contributed by atoms with Crippen LogP contribution >= 0.6 is 10.7 Å². The van der Waals surface area contributed by atoms with Crippen molar-refractivity contribution in [2.24, 2.45) is 0 Å². The zero-order chi connectivity index (χ0) is 64.0. The van der Waals surface area contributed by atoms with Crippen LogP contribution in [-0.4, -0.2) is 166 Å². The van der Waals surface area contributed by atoms with Gasteiger partial charge in [0.25, 0.3) is 15.5 Å². The van der Waals surface area contributed by atoms with Gasteiger partial charge in [-0.2, -0.15) is 19.3 Å². The predicted molar refractivity (Wildman–Crippen MR) is 314 cm³/mol. The first-order valence-electron chi connectivity index (χ1n) is 26.7. The van der Waals surface area contributed by atoms with Gasteiger partial charge in [-0.25, -0.2) is 42.1 Å². The predicted octanol–water partition coefficient (Wildman–Crippen LogP) is -10.2. The Labute approximate surface area is 641 Å². The van der Waals surface area contributed by atoms with Gasteiger partial charge >= 0.3 is 148 Å². The molecule has 0 spiro atoms. The van der Waals surface area contributed by atoms with Gasteiger partial charge in [-0.15, -0.1) is 12.6 Å². The van der Waals surface area contributed by atoms with Crippen LogP contribution in [0.2, 0.25) is 0 Å². The molecule has 0 aromatic heterocycles. The van der Waals surface area contributed by atoms with Gasteiger partial charge in [0.1, 0.15) is 10.1 Å². The van der Waals surface area contributed by atoms with Crippen LogP contribution in [0.5, 0.6) is 0 Å². The van der Waals surface area contributed by atoms with Gasteiger partial charge in [-0.05, 0) is 80.5 Å². The summed E-state index contributed by atoms with van der Waals surface area (Å²) in [4.78, 5) is 23.4. The summed E-state index contributed by atoms with van der Waals surface area (Å²) >= 11 is 0. The van der Waals surface area contributed by atoms with Gasteiger partial charge in [-0.3, -0.25) is 9.59 Å². The number of nitrogens with zero attached hydrogens (tertiary/aromatic N) is 4. The average Bonchev–Trinajstić information content (AvgIpc) is 1.52. The fraction of sp³-hybridized carbons (Fsp3) is 0.491. The molecule has 4 aromatic rings. The van der Waals surface area contributed by atoms with Crippen molar-refractivity contribution in [3.8, 4) is 0 Å². The first-order chi connectivity index (χ1) is 40.2. The molecule has 4 aliphatic heterocycles. The van der Waals surface area contributed by atoms with E-state index in [0.717, 1.165) is 70.5 Å². The Bertz CT molecular complexity index is 3250. The maximum Gasteiger partial charge on any atom is 1.00 e. The van der Waals surface area contributed by atoms with E-state index in [1.165, 1.54) is 77.5 Å². The number of halogens is 1. The third kappa shape index (κ3) is 39.2. The van der Waals surface area contributed by atoms with E-state index in [0.29, 0.717) is 62.9 Å². The molecule has 9 rings (SSSR count). The van der Waals surface area contributed by atoms with Crippen LogP contribution in [0.25, 0.3) is 0 Å². The van der Waals surface area contributed by atoms with E-state index in [-0.39, 0.29) is 168 Å². The molecular formula is C53H78ClLiN4Na4O21S6. The average molecular weight is 1430 g/mol. The van der Waals surface area contributed by atoms with Crippen molar-refractivity contribution in [1.29, 1.82) is 0 Å². The molecule has 2 N–H and O–H groups in total. The fourth-order valence-corrected chi connectivity index (χ4v) is 14.3. The molecule has 0 radical (unpaired) electrons. The van der Waals surface area contributed by atoms with E-state index in [4.69, 9.17) is 43.2 Å². The Kier molecular flexibility index (Phi) is 59.9. The molecule has 484 valence electrons. The number of unbranched alkanes of at least 4 members (excludes halogenated alkanes) is 1. The quantitative estimate of drug-likeness (QED) is 0.0239. The summed E-state index contributed by atoms with van der Waals surface area (Å²) in [6, 6.07) is 28.2. The number of aliphatic hydroxyl groups is 2. The van der Waals surface area contributed by atoms with E-state index >= 15 is 0 Å². The third-order valence-corrected chi connectivity index (χ3v) is 20.3. The topological polar surface area (TPSA) is 374 Å². The van der Waals surface area contributed by atoms with Crippen LogP contribution in [0.1, 0.15) is 110 Å². The first-order valence-corrected chi connectivity index (χ1v) is 35.8. The number of sulfonamides is 3. The number of ether oxygens (including phenoxy) is 1. The number of hydrogen-bond donors (Lipinski definition) is 2. The molecule has 1 unspecified atom stereocenters. The Balaban J connectivity index is -0.000000184. The molecule has 25 nitrogen and oxygen atoms in total. The molecule has 5 aliphatic rings. The number of carbonyl (C=O) groups is 2. The third-order valence-electron chi connectivity index (χ3n) is 12.3. The fourth-order valence-electron chi connectivity index (χ4n) is 7.92. The van der Waals surface area contributed by atoms with Crippen molar-refractivity contribution >= 4 is 83.4 Å². The van der Waals surface area contributed by atoms with E-state index in [1.54, 1.807) is 75.9 Å². The van der Waals surface area contributed by atoms with Gasteiger partial charge in [-0.1, -0.05) is 118 Å². The van der Waals surface area contributed by atoms with Crippen molar-refractivity contribution < 1.29 is 234 Å². The number of amides is 1. The van der Waals surface area contributed by atoms with E-state index < -0.39 is 70.8 Å². The molecule has 90 heavy (non-hydrogen) atoms. The minimum absolute atomic E-state index is 0. The standard InChI is InChI=1S/C11H15NO6S2.C11H15NO3S.C10H13NO2S.C6H5ClO2S.C5H9NO2.C5H10.C4H9.CH2O3.Li.4Na.O3S.2H/c13-11(20(16,17)18)9-5-1-2-6-10(9)19(14,15)12-7-3-4-8-12;13-9-10-5-1-2-6-11(10)16(14,15)12-7-3-4-8-12;12-14(13,11-8-4-5-9-11)10-6-2-1-3-7-10;7-10(8,9)6-4-2-1-3-5-6;7-5-6-1-3-8-4-2-6;1-2-4-5-3-1;1-3-4-2;2-1-4-3;;;;;;1-4(2)3;;/h1-2,5-6,11,13H,3-4,7-8H2,(H,16,17,18);1-2,5-6,13H,3-4,7-9H2;1-3,6-7H,4-5,8-9H2;1-5H;5H,1-4H2;1-5H2;1,3-4H2,2H3;1,3H;;;;;;;;/q;;;;;;-1;;5*+1;;2*-1/p-2. The van der Waals surface area contributed by atoms with Crippen molar-refractivity contribution in [2.75, 3.05) is 65.6 Å². The van der Waals surface area contributed by atoms with Crippen LogP contribution in [-0.2, 0) is 85.7 Å². The summed E-state index contributed by atoms with van der Waals surface area (Å²) in [6.07, 6.45) is 15.9. The molecule has 1 saturated carbocycles. The zero-order valence-electron chi connectivity index (χ0n) is 54.1. The van der Waals surface area contributed by atoms with Gasteiger partial charge in [0.15, 0.2) is 5.44 Å². The molecule has 4 heterocycles. The number of benzene rings is 4. The number of rotatable bonds is 13. The smallest absolute Gasteiger partial charge is 1.00 e. The molecule has 1 amide bonds. The van der Waals surface area contributed by atoms with Gasteiger partial charge in [0, 0.05) is 68.6 Å². The monoisotopic (exact) mass is 1430 g/mol. The summed E-state index contributed by atoms with van der Waals surface area (Å²) in [7, 11) is -17.2.